The maximum absolute atomic E-state index is 11.8. The van der Waals surface area contributed by atoms with Gasteiger partial charge in [-0.05, 0) is 39.0 Å². The van der Waals surface area contributed by atoms with Gasteiger partial charge < -0.3 is 29.9 Å². The first-order chi connectivity index (χ1) is 10.6. The minimum absolute atomic E-state index is 0.0486. The van der Waals surface area contributed by atoms with E-state index in [1.54, 1.807) is 0 Å². The first-order valence-electron chi connectivity index (χ1n) is 7.96. The molecule has 138 valence electrons. The molecule has 1 aliphatic carbocycles. The van der Waals surface area contributed by atoms with Gasteiger partial charge in [0.25, 0.3) is 0 Å². The summed E-state index contributed by atoms with van der Waals surface area (Å²) in [5.74, 6) is -0.209. The second-order valence-corrected chi connectivity index (χ2v) is 6.65. The van der Waals surface area contributed by atoms with Crippen LogP contribution in [0.15, 0.2) is 0 Å². The Bertz CT molecular complexity index is 375. The normalized spacial score (nSPS) is 24.8. The van der Waals surface area contributed by atoms with Crippen LogP contribution < -0.4 is 5.73 Å². The van der Waals surface area contributed by atoms with Crippen molar-refractivity contribution in [2.45, 2.75) is 71.1 Å². The molecular weight excluding hydrogens is 325 g/mol. The van der Waals surface area contributed by atoms with Gasteiger partial charge >= 0.3 is 13.8 Å². The molecule has 0 amide bonds. The van der Waals surface area contributed by atoms with Crippen molar-refractivity contribution < 1.29 is 33.5 Å². The molecule has 9 heteroatoms. The van der Waals surface area contributed by atoms with Crippen LogP contribution in [0.1, 0.15) is 52.9 Å². The predicted molar refractivity (Wildman–Crippen MR) is 85.5 cm³/mol. The Kier molecular flexibility index (Phi) is 10.9. The van der Waals surface area contributed by atoms with Gasteiger partial charge in [0.05, 0.1) is 24.7 Å². The van der Waals surface area contributed by atoms with Crippen molar-refractivity contribution in [3.05, 3.63) is 0 Å². The van der Waals surface area contributed by atoms with Crippen LogP contribution in [0.3, 0.4) is 0 Å². The van der Waals surface area contributed by atoms with Crippen molar-refractivity contribution in [3.63, 3.8) is 0 Å². The van der Waals surface area contributed by atoms with Crippen molar-refractivity contribution in [1.82, 2.24) is 0 Å². The maximum Gasteiger partial charge on any atom is 0.466 e. The topological polar surface area (TPSA) is 139 Å². The summed E-state index contributed by atoms with van der Waals surface area (Å²) in [7, 11) is -4.64. The molecule has 0 spiro atoms. The fourth-order valence-electron chi connectivity index (χ4n) is 2.63. The lowest BCUT2D eigenvalue weighted by Crippen LogP contribution is -2.41. The lowest BCUT2D eigenvalue weighted by Gasteiger charge is -2.33. The number of carbonyl (C=O) groups is 1. The molecule has 1 aliphatic rings. The van der Waals surface area contributed by atoms with E-state index in [0.717, 1.165) is 32.1 Å². The molecule has 0 saturated heterocycles. The Labute approximate surface area is 137 Å². The monoisotopic (exact) mass is 355 g/mol. The first kappa shape index (κ1) is 22.5. The number of rotatable bonds is 6. The molecule has 1 rings (SSSR count). The van der Waals surface area contributed by atoms with Gasteiger partial charge in [0, 0.05) is 6.04 Å². The second kappa shape index (κ2) is 11.1. The Hall–Kier alpha value is -0.500. The van der Waals surface area contributed by atoms with Crippen LogP contribution in [0.2, 0.25) is 0 Å². The molecule has 0 aliphatic heterocycles. The SMILES string of the molecule is CCOC(=O)C1CC(N)CC(OC(CC)CC)C1.O=P(O)(O)O. The van der Waals surface area contributed by atoms with E-state index in [4.69, 9.17) is 34.5 Å². The molecule has 8 nitrogen and oxygen atoms in total. The minimum Gasteiger partial charge on any atom is -0.466 e. The molecular formula is C14H30NO7P. The highest BCUT2D eigenvalue weighted by atomic mass is 31.2. The molecule has 0 aromatic rings. The minimum atomic E-state index is -4.64. The molecule has 0 radical (unpaired) electrons. The van der Waals surface area contributed by atoms with Crippen LogP contribution >= 0.6 is 7.82 Å². The van der Waals surface area contributed by atoms with E-state index >= 15 is 0 Å². The molecule has 3 unspecified atom stereocenters. The fraction of sp³-hybridized carbons (Fsp3) is 0.929. The van der Waals surface area contributed by atoms with Crippen LogP contribution in [0, 0.1) is 5.92 Å². The van der Waals surface area contributed by atoms with Crippen LogP contribution in [0.25, 0.3) is 0 Å². The Morgan fingerprint density at radius 2 is 1.70 bits per heavy atom. The van der Waals surface area contributed by atoms with Crippen molar-refractivity contribution >= 4 is 13.8 Å². The summed E-state index contributed by atoms with van der Waals surface area (Å²) in [4.78, 5) is 33.3. The van der Waals surface area contributed by atoms with E-state index in [0.29, 0.717) is 6.61 Å². The number of nitrogens with two attached hydrogens (primary N) is 1. The van der Waals surface area contributed by atoms with E-state index in [1.165, 1.54) is 0 Å². The van der Waals surface area contributed by atoms with E-state index in [-0.39, 0.29) is 30.1 Å². The Balaban J connectivity index is 0.000000841. The van der Waals surface area contributed by atoms with Crippen molar-refractivity contribution in [2.75, 3.05) is 6.61 Å². The Morgan fingerprint density at radius 1 is 1.17 bits per heavy atom. The number of hydrogen-bond donors (Lipinski definition) is 4. The lowest BCUT2D eigenvalue weighted by atomic mass is 9.84. The number of ether oxygens (including phenoxy) is 2. The van der Waals surface area contributed by atoms with Gasteiger partial charge in [-0.25, -0.2) is 4.57 Å². The summed E-state index contributed by atoms with van der Waals surface area (Å²) in [5, 5.41) is 0. The fourth-order valence-corrected chi connectivity index (χ4v) is 2.63. The summed E-state index contributed by atoms with van der Waals surface area (Å²) in [6.45, 7) is 6.51. The molecule has 1 fully saturated rings. The highest BCUT2D eigenvalue weighted by Gasteiger charge is 2.33. The summed E-state index contributed by atoms with van der Waals surface area (Å²) in [5.41, 5.74) is 6.02. The number of phosphoric acid groups is 1. The highest BCUT2D eigenvalue weighted by Crippen LogP contribution is 2.28. The van der Waals surface area contributed by atoms with Crippen LogP contribution in [0.5, 0.6) is 0 Å². The van der Waals surface area contributed by atoms with E-state index in [9.17, 15) is 4.79 Å². The molecule has 0 aromatic carbocycles. The van der Waals surface area contributed by atoms with Crippen molar-refractivity contribution in [1.29, 1.82) is 0 Å². The van der Waals surface area contributed by atoms with E-state index in [1.807, 2.05) is 6.92 Å². The lowest BCUT2D eigenvalue weighted by molar-refractivity contribution is -0.152. The molecule has 1 saturated carbocycles. The molecule has 0 aromatic heterocycles. The van der Waals surface area contributed by atoms with Crippen molar-refractivity contribution in [2.24, 2.45) is 11.7 Å². The van der Waals surface area contributed by atoms with E-state index in [2.05, 4.69) is 13.8 Å². The molecule has 3 atom stereocenters. The molecule has 23 heavy (non-hydrogen) atoms. The first-order valence-corrected chi connectivity index (χ1v) is 9.53. The van der Waals surface area contributed by atoms with E-state index < -0.39 is 7.82 Å². The van der Waals surface area contributed by atoms with Crippen molar-refractivity contribution in [3.8, 4) is 0 Å². The van der Waals surface area contributed by atoms with Crippen LogP contribution in [0.4, 0.5) is 0 Å². The zero-order valence-electron chi connectivity index (χ0n) is 14.1. The predicted octanol–water partition coefficient (Wildman–Crippen LogP) is 1.32. The zero-order valence-corrected chi connectivity index (χ0v) is 14.9. The Morgan fingerprint density at radius 3 is 2.13 bits per heavy atom. The molecule has 5 N–H and O–H groups in total. The smallest absolute Gasteiger partial charge is 0.466 e. The number of esters is 1. The van der Waals surface area contributed by atoms with Gasteiger partial charge in [0.2, 0.25) is 0 Å². The third-order valence-corrected chi connectivity index (χ3v) is 3.62. The number of carbonyl (C=O) groups excluding carboxylic acids is 1. The van der Waals surface area contributed by atoms with Gasteiger partial charge in [-0.15, -0.1) is 0 Å². The quantitative estimate of drug-likeness (QED) is 0.413. The zero-order chi connectivity index (χ0) is 18.0. The summed E-state index contributed by atoms with van der Waals surface area (Å²) in [6.07, 6.45) is 4.73. The third kappa shape index (κ3) is 11.6. The maximum atomic E-state index is 11.8. The van der Waals surface area contributed by atoms with Crippen LogP contribution in [-0.4, -0.2) is 45.5 Å². The largest absolute Gasteiger partial charge is 0.466 e. The average molecular weight is 355 g/mol. The van der Waals surface area contributed by atoms with Gasteiger partial charge in [-0.1, -0.05) is 13.8 Å². The van der Waals surface area contributed by atoms with Gasteiger partial charge in [-0.3, -0.25) is 4.79 Å². The average Bonchev–Trinajstić information content (AvgIpc) is 2.42. The third-order valence-electron chi connectivity index (χ3n) is 3.62. The van der Waals surface area contributed by atoms with Gasteiger partial charge in [0.1, 0.15) is 0 Å². The molecule has 0 bridgehead atoms. The van der Waals surface area contributed by atoms with Gasteiger partial charge in [0.15, 0.2) is 0 Å². The van der Waals surface area contributed by atoms with Gasteiger partial charge in [-0.2, -0.15) is 0 Å². The molecule has 0 heterocycles. The standard InChI is InChI=1S/C14H27NO3.H3O4P/c1-4-12(5-2)18-13-8-10(7-11(15)9-13)14(16)17-6-3;1-5(2,3)4/h10-13H,4-9,15H2,1-3H3;(H3,1,2,3,4). The van der Waals surface area contributed by atoms with Crippen LogP contribution in [-0.2, 0) is 18.8 Å². The summed E-state index contributed by atoms with van der Waals surface area (Å²) in [6, 6.07) is 0.0486. The second-order valence-electron chi connectivity index (χ2n) is 5.63. The summed E-state index contributed by atoms with van der Waals surface area (Å²) < 4.78 is 20.0. The highest BCUT2D eigenvalue weighted by molar-refractivity contribution is 7.45. The summed E-state index contributed by atoms with van der Waals surface area (Å²) >= 11 is 0. The number of hydrogen-bond acceptors (Lipinski definition) is 5.